The van der Waals surface area contributed by atoms with Crippen LogP contribution in [0, 0.1) is 22.7 Å². The minimum atomic E-state index is -0.909. The smallest absolute Gasteiger partial charge is 0.165 e. The number of aromatic hydroxyl groups is 1. The molecule has 4 bridgehead atoms. The number of likely N-dealkylation sites (tertiary alicyclic amines) is 1. The van der Waals surface area contributed by atoms with Gasteiger partial charge in [-0.25, -0.2) is 0 Å². The first-order valence-corrected chi connectivity index (χ1v) is 13.6. The van der Waals surface area contributed by atoms with Gasteiger partial charge in [-0.3, -0.25) is 4.90 Å². The molecule has 7 aliphatic rings. The highest BCUT2D eigenvalue weighted by Gasteiger charge is 2.82. The van der Waals surface area contributed by atoms with Crippen LogP contribution in [0.4, 0.5) is 0 Å². The number of hydrogen-bond acceptors (Lipinski definition) is 5. The van der Waals surface area contributed by atoms with E-state index in [-0.39, 0.29) is 34.0 Å². The van der Waals surface area contributed by atoms with Crippen LogP contribution in [0.5, 0.6) is 11.5 Å². The van der Waals surface area contributed by atoms with Crippen molar-refractivity contribution in [1.82, 2.24) is 4.90 Å². The van der Waals surface area contributed by atoms with Crippen LogP contribution in [0.3, 0.4) is 0 Å². The number of ether oxygens (including phenoxy) is 2. The summed E-state index contributed by atoms with van der Waals surface area (Å²) >= 11 is 0. The Bertz CT molecular complexity index is 1060. The first-order chi connectivity index (χ1) is 16.0. The summed E-state index contributed by atoms with van der Waals surface area (Å²) in [5, 5.41) is 23.2. The number of phenolic OH excluding ortho intramolecular Hbond substituents is 1. The van der Waals surface area contributed by atoms with E-state index >= 15 is 0 Å². The number of aliphatic hydroxyl groups is 1. The first-order valence-electron chi connectivity index (χ1n) is 13.6. The molecule has 2 aliphatic heterocycles. The maximum atomic E-state index is 12.2. The third-order valence-electron chi connectivity index (χ3n) is 11.9. The monoisotopic (exact) mass is 467 g/mol. The second kappa shape index (κ2) is 6.33. The summed E-state index contributed by atoms with van der Waals surface area (Å²) in [6.07, 6.45) is 7.64. The highest BCUT2D eigenvalue weighted by atomic mass is 16.6. The lowest BCUT2D eigenvalue weighted by Gasteiger charge is -2.75. The number of phenols is 1. The Kier molecular flexibility index (Phi) is 4.08. The molecule has 1 aromatic carbocycles. The molecule has 8 rings (SSSR count). The van der Waals surface area contributed by atoms with Gasteiger partial charge in [0.25, 0.3) is 0 Å². The van der Waals surface area contributed by atoms with Gasteiger partial charge in [0.1, 0.15) is 11.7 Å². The van der Waals surface area contributed by atoms with Crippen LogP contribution < -0.4 is 4.74 Å². The van der Waals surface area contributed by atoms with Gasteiger partial charge in [-0.2, -0.15) is 0 Å². The van der Waals surface area contributed by atoms with Gasteiger partial charge in [0.15, 0.2) is 11.5 Å². The zero-order valence-corrected chi connectivity index (χ0v) is 21.5. The molecule has 5 heteroatoms. The van der Waals surface area contributed by atoms with Crippen LogP contribution in [0.1, 0.15) is 77.3 Å². The van der Waals surface area contributed by atoms with Crippen molar-refractivity contribution in [3.05, 3.63) is 23.3 Å². The van der Waals surface area contributed by atoms with E-state index in [0.29, 0.717) is 11.8 Å². The van der Waals surface area contributed by atoms with E-state index in [2.05, 4.69) is 31.7 Å². The number of methoxy groups -OCH3 is 1. The second-order valence-electron chi connectivity index (χ2n) is 13.8. The normalized spacial score (nSPS) is 43.9. The van der Waals surface area contributed by atoms with Crippen LogP contribution in [0.25, 0.3) is 0 Å². The molecule has 2 heterocycles. The summed E-state index contributed by atoms with van der Waals surface area (Å²) in [4.78, 5) is 2.82. The van der Waals surface area contributed by atoms with Crippen molar-refractivity contribution in [3.63, 3.8) is 0 Å². The molecule has 0 amide bonds. The Morgan fingerprint density at radius 2 is 1.91 bits per heavy atom. The van der Waals surface area contributed by atoms with Crippen molar-refractivity contribution >= 4 is 0 Å². The van der Waals surface area contributed by atoms with Crippen molar-refractivity contribution < 1.29 is 19.7 Å². The van der Waals surface area contributed by atoms with Crippen molar-refractivity contribution in [3.8, 4) is 11.5 Å². The lowest BCUT2D eigenvalue weighted by molar-refractivity contribution is -0.312. The van der Waals surface area contributed by atoms with Crippen LogP contribution in [-0.4, -0.2) is 58.7 Å². The third-order valence-corrected chi connectivity index (χ3v) is 11.9. The molecular weight excluding hydrogens is 426 g/mol. The summed E-state index contributed by atoms with van der Waals surface area (Å²) in [7, 11) is 1.83. The molecule has 5 nitrogen and oxygen atoms in total. The second-order valence-corrected chi connectivity index (χ2v) is 13.8. The van der Waals surface area contributed by atoms with Crippen LogP contribution in [0.15, 0.2) is 12.1 Å². The Hall–Kier alpha value is -1.30. The number of fused-ring (bicyclic) bond motifs is 2. The predicted molar refractivity (Wildman–Crippen MR) is 130 cm³/mol. The summed E-state index contributed by atoms with van der Waals surface area (Å²) in [6.45, 7) is 10.8. The van der Waals surface area contributed by atoms with Crippen LogP contribution >= 0.6 is 0 Å². The van der Waals surface area contributed by atoms with Gasteiger partial charge in [-0.1, -0.05) is 26.8 Å². The van der Waals surface area contributed by atoms with Gasteiger partial charge in [0, 0.05) is 42.0 Å². The molecule has 2 spiro atoms. The van der Waals surface area contributed by atoms with Gasteiger partial charge in [-0.05, 0) is 81.4 Å². The fourth-order valence-electron chi connectivity index (χ4n) is 9.58. The topological polar surface area (TPSA) is 62.2 Å². The fourth-order valence-corrected chi connectivity index (χ4v) is 9.58. The van der Waals surface area contributed by atoms with Gasteiger partial charge in [-0.15, -0.1) is 0 Å². The maximum absolute atomic E-state index is 12.2. The van der Waals surface area contributed by atoms with Crippen LogP contribution in [0.2, 0.25) is 0 Å². The highest BCUT2D eigenvalue weighted by molar-refractivity contribution is 5.63. The number of benzene rings is 1. The lowest BCUT2D eigenvalue weighted by Crippen LogP contribution is -2.83. The van der Waals surface area contributed by atoms with Gasteiger partial charge in [0.05, 0.1) is 5.60 Å². The zero-order valence-electron chi connectivity index (χ0n) is 21.5. The van der Waals surface area contributed by atoms with Gasteiger partial charge < -0.3 is 19.7 Å². The summed E-state index contributed by atoms with van der Waals surface area (Å²) in [5.74, 6) is 1.80. The number of rotatable bonds is 4. The minimum absolute atomic E-state index is 0.0294. The van der Waals surface area contributed by atoms with E-state index < -0.39 is 11.2 Å². The average molecular weight is 468 g/mol. The quantitative estimate of drug-likeness (QED) is 0.687. The molecule has 2 unspecified atom stereocenters. The van der Waals surface area contributed by atoms with Crippen molar-refractivity contribution in [1.29, 1.82) is 0 Å². The molecule has 5 fully saturated rings. The summed E-state index contributed by atoms with van der Waals surface area (Å²) < 4.78 is 13.5. The largest absolute Gasteiger partial charge is 0.504 e. The summed E-state index contributed by atoms with van der Waals surface area (Å²) in [6, 6.07) is 4.46. The molecular formula is C29H41NO4. The van der Waals surface area contributed by atoms with Crippen molar-refractivity contribution in [2.45, 2.75) is 101 Å². The van der Waals surface area contributed by atoms with Gasteiger partial charge in [0.2, 0.25) is 0 Å². The number of piperidine rings is 1. The molecule has 2 N–H and O–H groups in total. The third kappa shape index (κ3) is 2.25. The maximum Gasteiger partial charge on any atom is 0.165 e. The van der Waals surface area contributed by atoms with E-state index in [0.717, 1.165) is 44.6 Å². The zero-order chi connectivity index (χ0) is 23.9. The molecule has 0 aromatic heterocycles. The van der Waals surface area contributed by atoms with Crippen molar-refractivity contribution in [2.24, 2.45) is 22.7 Å². The molecule has 4 saturated carbocycles. The Morgan fingerprint density at radius 1 is 1.15 bits per heavy atom. The van der Waals surface area contributed by atoms with E-state index in [1.807, 2.05) is 20.1 Å². The molecule has 5 aliphatic carbocycles. The van der Waals surface area contributed by atoms with E-state index in [1.165, 1.54) is 30.5 Å². The molecule has 186 valence electrons. The molecule has 0 radical (unpaired) electrons. The Labute approximate surface area is 203 Å². The SMILES string of the molecule is CO[C@@]12CCC3(C[C@H]1C(C)(O)C(C)(C)C)[C@H]1Cc4ccc(O)c5c4[C@@]3(CCN1CC1CC1)[C@@H]2O5. The van der Waals surface area contributed by atoms with Crippen LogP contribution in [-0.2, 0) is 16.6 Å². The lowest BCUT2D eigenvalue weighted by atomic mass is 9.33. The standard InChI is InChI=1S/C29H41NO4/c1-25(2,3)26(4,32)20-15-27-10-11-29(20,33-5)24-28(27)12-13-30(16-17-6-7-17)21(27)14-18-8-9-19(31)23(34-24)22(18)28/h8-9,17,20-21,24,31-32H,6-7,10-16H2,1-5H3/t20-,21+,24-,26?,27?,28-,29-/m0/s1. The van der Waals surface area contributed by atoms with E-state index in [9.17, 15) is 10.2 Å². The fraction of sp³-hybridized carbons (Fsp3) is 0.793. The minimum Gasteiger partial charge on any atom is -0.504 e. The van der Waals surface area contributed by atoms with Crippen molar-refractivity contribution in [2.75, 3.05) is 20.2 Å². The van der Waals surface area contributed by atoms with Gasteiger partial charge >= 0.3 is 0 Å². The highest BCUT2D eigenvalue weighted by Crippen LogP contribution is 2.78. The first kappa shape index (κ1) is 21.9. The van der Waals surface area contributed by atoms with E-state index in [4.69, 9.17) is 9.47 Å². The Morgan fingerprint density at radius 3 is 2.59 bits per heavy atom. The average Bonchev–Trinajstić information content (AvgIpc) is 3.53. The Balaban J connectivity index is 1.47. The predicted octanol–water partition coefficient (Wildman–Crippen LogP) is 4.41. The van der Waals surface area contributed by atoms with E-state index in [1.54, 1.807) is 0 Å². The number of hydrogen-bond donors (Lipinski definition) is 2. The molecule has 34 heavy (non-hydrogen) atoms. The number of nitrogens with zero attached hydrogens (tertiary/aromatic N) is 1. The summed E-state index contributed by atoms with van der Waals surface area (Å²) in [5.41, 5.74) is 0.783. The molecule has 1 aromatic rings. The molecule has 1 saturated heterocycles. The molecule has 7 atom stereocenters.